The molecule has 0 fully saturated rings. The van der Waals surface area contributed by atoms with Crippen LogP contribution in [0.1, 0.15) is 19.3 Å². The maximum absolute atomic E-state index is 10.6. The molecule has 0 bridgehead atoms. The molecular formula is C23H21N3O3. The van der Waals surface area contributed by atoms with Gasteiger partial charge in [-0.15, -0.1) is 0 Å². The summed E-state index contributed by atoms with van der Waals surface area (Å²) in [6.07, 6.45) is 5.02. The van der Waals surface area contributed by atoms with Gasteiger partial charge in [0.15, 0.2) is 0 Å². The van der Waals surface area contributed by atoms with Crippen molar-refractivity contribution in [2.24, 2.45) is 0 Å². The molecular weight excluding hydrogens is 366 g/mol. The summed E-state index contributed by atoms with van der Waals surface area (Å²) in [6.45, 7) is 0.480. The number of carboxylic acids is 1. The summed E-state index contributed by atoms with van der Waals surface area (Å²) < 4.78 is 7.96. The second-order valence-corrected chi connectivity index (χ2v) is 6.70. The first kappa shape index (κ1) is 18.7. The van der Waals surface area contributed by atoms with Crippen LogP contribution in [-0.2, 0) is 4.79 Å². The van der Waals surface area contributed by atoms with Crippen molar-refractivity contribution in [3.8, 4) is 22.8 Å². The van der Waals surface area contributed by atoms with Gasteiger partial charge in [0.2, 0.25) is 0 Å². The quantitative estimate of drug-likeness (QED) is 0.443. The molecule has 1 N–H and O–H groups in total. The maximum Gasteiger partial charge on any atom is 0.303 e. The normalized spacial score (nSPS) is 10.9. The molecule has 0 aliphatic rings. The number of pyridine rings is 1. The lowest BCUT2D eigenvalue weighted by atomic mass is 10.2. The molecule has 2 aromatic heterocycles. The summed E-state index contributed by atoms with van der Waals surface area (Å²) in [5, 5.41) is 8.73. The highest BCUT2D eigenvalue weighted by atomic mass is 16.5. The average molecular weight is 387 g/mol. The van der Waals surface area contributed by atoms with E-state index in [2.05, 4.69) is 9.55 Å². The average Bonchev–Trinajstić information content (AvgIpc) is 3.13. The predicted octanol–water partition coefficient (Wildman–Crippen LogP) is 4.72. The highest BCUT2D eigenvalue weighted by molar-refractivity contribution is 5.84. The number of ether oxygens (including phenoxy) is 1. The number of carboxylic acid groups (broad SMARTS) is 1. The Morgan fingerprint density at radius 2 is 1.90 bits per heavy atom. The Morgan fingerprint density at radius 1 is 1.03 bits per heavy atom. The third kappa shape index (κ3) is 4.27. The molecule has 4 rings (SSSR count). The molecule has 29 heavy (non-hydrogen) atoms. The number of fused-ring (bicyclic) bond motifs is 1. The molecule has 0 saturated carbocycles. The molecule has 2 heterocycles. The Balaban J connectivity index is 1.69. The lowest BCUT2D eigenvalue weighted by Crippen LogP contribution is -2.01. The predicted molar refractivity (Wildman–Crippen MR) is 111 cm³/mol. The van der Waals surface area contributed by atoms with Gasteiger partial charge in [0, 0.05) is 36.1 Å². The van der Waals surface area contributed by atoms with Crippen LogP contribution in [0.25, 0.3) is 28.1 Å². The SMILES string of the molecule is O=C(O)CCCCOc1ccc2nc(-c3cccnc3)n(-c3ccccc3)c2c1. The second kappa shape index (κ2) is 8.56. The molecule has 0 aliphatic carbocycles. The molecule has 0 atom stereocenters. The number of rotatable bonds is 8. The smallest absolute Gasteiger partial charge is 0.303 e. The number of hydrogen-bond acceptors (Lipinski definition) is 4. The number of aromatic nitrogens is 3. The number of nitrogens with zero attached hydrogens (tertiary/aromatic N) is 3. The number of unbranched alkanes of at least 4 members (excludes halogenated alkanes) is 1. The Labute approximate surface area is 168 Å². The van der Waals surface area contributed by atoms with Crippen LogP contribution in [-0.4, -0.2) is 32.2 Å². The van der Waals surface area contributed by atoms with E-state index in [9.17, 15) is 4.79 Å². The van der Waals surface area contributed by atoms with Crippen LogP contribution in [0, 0.1) is 0 Å². The summed E-state index contributed by atoms with van der Waals surface area (Å²) in [4.78, 5) is 19.7. The highest BCUT2D eigenvalue weighted by Gasteiger charge is 2.15. The number of aliphatic carboxylic acids is 1. The summed E-state index contributed by atoms with van der Waals surface area (Å²) in [5.41, 5.74) is 3.75. The number of para-hydroxylation sites is 1. The lowest BCUT2D eigenvalue weighted by molar-refractivity contribution is -0.137. The van der Waals surface area contributed by atoms with Gasteiger partial charge in [-0.3, -0.25) is 14.3 Å². The molecule has 0 aliphatic heterocycles. The van der Waals surface area contributed by atoms with Crippen molar-refractivity contribution in [2.45, 2.75) is 19.3 Å². The van der Waals surface area contributed by atoms with Gasteiger partial charge >= 0.3 is 5.97 Å². The number of hydrogen-bond donors (Lipinski definition) is 1. The molecule has 0 spiro atoms. The van der Waals surface area contributed by atoms with E-state index >= 15 is 0 Å². The highest BCUT2D eigenvalue weighted by Crippen LogP contribution is 2.30. The third-order valence-corrected chi connectivity index (χ3v) is 4.61. The number of carbonyl (C=O) groups is 1. The minimum absolute atomic E-state index is 0.164. The van der Waals surface area contributed by atoms with Gasteiger partial charge in [-0.1, -0.05) is 18.2 Å². The molecule has 0 saturated heterocycles. The topological polar surface area (TPSA) is 77.2 Å². The van der Waals surface area contributed by atoms with Gasteiger partial charge in [-0.25, -0.2) is 4.98 Å². The molecule has 6 heteroatoms. The lowest BCUT2D eigenvalue weighted by Gasteiger charge is -2.10. The van der Waals surface area contributed by atoms with Gasteiger partial charge in [0.25, 0.3) is 0 Å². The van der Waals surface area contributed by atoms with Crippen molar-refractivity contribution < 1.29 is 14.6 Å². The van der Waals surface area contributed by atoms with Crippen molar-refractivity contribution in [2.75, 3.05) is 6.61 Å². The largest absolute Gasteiger partial charge is 0.494 e. The number of imidazole rings is 1. The van der Waals surface area contributed by atoms with Gasteiger partial charge < -0.3 is 9.84 Å². The van der Waals surface area contributed by atoms with Crippen molar-refractivity contribution in [3.05, 3.63) is 73.1 Å². The van der Waals surface area contributed by atoms with Gasteiger partial charge in [0.05, 0.1) is 17.6 Å². The monoisotopic (exact) mass is 387 g/mol. The van der Waals surface area contributed by atoms with Crippen LogP contribution in [0.2, 0.25) is 0 Å². The molecule has 0 radical (unpaired) electrons. The molecule has 4 aromatic rings. The molecule has 6 nitrogen and oxygen atoms in total. The summed E-state index contributed by atoms with van der Waals surface area (Å²) in [6, 6.07) is 19.8. The van der Waals surface area contributed by atoms with Crippen molar-refractivity contribution in [1.29, 1.82) is 0 Å². The van der Waals surface area contributed by atoms with Crippen molar-refractivity contribution >= 4 is 17.0 Å². The Bertz CT molecular complexity index is 1110. The Morgan fingerprint density at radius 3 is 2.66 bits per heavy atom. The van der Waals surface area contributed by atoms with E-state index in [1.807, 2.05) is 60.7 Å². The fourth-order valence-corrected chi connectivity index (χ4v) is 3.24. The minimum atomic E-state index is -0.777. The molecule has 146 valence electrons. The van der Waals surface area contributed by atoms with Crippen LogP contribution >= 0.6 is 0 Å². The molecule has 0 unspecified atom stereocenters. The minimum Gasteiger partial charge on any atom is -0.494 e. The van der Waals surface area contributed by atoms with E-state index in [0.717, 1.165) is 33.9 Å². The van der Waals surface area contributed by atoms with Crippen molar-refractivity contribution in [1.82, 2.24) is 14.5 Å². The van der Waals surface area contributed by atoms with E-state index in [0.29, 0.717) is 19.4 Å². The first-order valence-corrected chi connectivity index (χ1v) is 9.55. The second-order valence-electron chi connectivity index (χ2n) is 6.70. The van der Waals surface area contributed by atoms with E-state index in [4.69, 9.17) is 14.8 Å². The van der Waals surface area contributed by atoms with E-state index in [-0.39, 0.29) is 6.42 Å². The van der Waals surface area contributed by atoms with Crippen molar-refractivity contribution in [3.63, 3.8) is 0 Å². The maximum atomic E-state index is 10.6. The Hall–Kier alpha value is -3.67. The zero-order valence-corrected chi connectivity index (χ0v) is 15.9. The molecule has 0 amide bonds. The zero-order valence-electron chi connectivity index (χ0n) is 15.9. The number of benzene rings is 2. The third-order valence-electron chi connectivity index (χ3n) is 4.61. The van der Waals surface area contributed by atoms with Gasteiger partial charge in [-0.05, 0) is 49.2 Å². The van der Waals surface area contributed by atoms with Crippen LogP contribution in [0.15, 0.2) is 73.1 Å². The van der Waals surface area contributed by atoms with Crippen LogP contribution in [0.4, 0.5) is 0 Å². The van der Waals surface area contributed by atoms with Gasteiger partial charge in [0.1, 0.15) is 11.6 Å². The first-order valence-electron chi connectivity index (χ1n) is 9.55. The fourth-order valence-electron chi connectivity index (χ4n) is 3.24. The fraction of sp³-hybridized carbons (Fsp3) is 0.174. The van der Waals surface area contributed by atoms with Gasteiger partial charge in [-0.2, -0.15) is 0 Å². The van der Waals surface area contributed by atoms with Crippen LogP contribution < -0.4 is 4.74 Å². The summed E-state index contributed by atoms with van der Waals surface area (Å²) in [7, 11) is 0. The van der Waals surface area contributed by atoms with E-state index in [1.54, 1.807) is 12.4 Å². The Kier molecular flexibility index (Phi) is 5.52. The van der Waals surface area contributed by atoms with Crippen LogP contribution in [0.5, 0.6) is 5.75 Å². The van der Waals surface area contributed by atoms with Crippen LogP contribution in [0.3, 0.4) is 0 Å². The first-order chi connectivity index (χ1) is 14.2. The standard InChI is InChI=1S/C23H21N3O3/c27-22(28)10-4-5-14-29-19-11-12-20-21(15-19)26(18-8-2-1-3-9-18)23(25-20)17-7-6-13-24-16-17/h1-3,6-9,11-13,15-16H,4-5,10,14H2,(H,27,28). The zero-order chi connectivity index (χ0) is 20.1. The van der Waals surface area contributed by atoms with E-state index in [1.165, 1.54) is 0 Å². The summed E-state index contributed by atoms with van der Waals surface area (Å²) in [5.74, 6) is 0.779. The van der Waals surface area contributed by atoms with E-state index < -0.39 is 5.97 Å². The summed E-state index contributed by atoms with van der Waals surface area (Å²) >= 11 is 0. The molecule has 2 aromatic carbocycles.